The number of sulfonamides is 1. The van der Waals surface area contributed by atoms with Gasteiger partial charge in [0.05, 0.1) is 17.7 Å². The van der Waals surface area contributed by atoms with Gasteiger partial charge in [0.1, 0.15) is 12.4 Å². The molecular weight excluding hydrogens is 342 g/mol. The smallest absolute Gasteiger partial charge is 0.243 e. The molecule has 25 heavy (non-hydrogen) atoms. The van der Waals surface area contributed by atoms with Crippen molar-refractivity contribution < 1.29 is 17.9 Å². The van der Waals surface area contributed by atoms with E-state index in [9.17, 15) is 8.42 Å². The predicted octanol–water partition coefficient (Wildman–Crippen LogP) is 1.96. The molecule has 138 valence electrons. The van der Waals surface area contributed by atoms with Crippen molar-refractivity contribution in [3.8, 4) is 5.75 Å². The molecule has 0 fully saturated rings. The molecule has 7 nitrogen and oxygen atoms in total. The fraction of sp³-hybridized carbons (Fsp3) is 0.471. The molecular formula is C17H25N3O4S. The first kappa shape index (κ1) is 19.4. The molecule has 0 aliphatic rings. The Kier molecular flexibility index (Phi) is 6.57. The molecule has 0 bridgehead atoms. The lowest BCUT2D eigenvalue weighted by Crippen LogP contribution is -2.30. The molecule has 0 saturated heterocycles. The molecule has 0 atom stereocenters. The number of hydrogen-bond donors (Lipinski definition) is 0. The van der Waals surface area contributed by atoms with Crippen molar-refractivity contribution in [1.29, 1.82) is 0 Å². The lowest BCUT2D eigenvalue weighted by Gasteiger charge is -2.20. The lowest BCUT2D eigenvalue weighted by atomic mass is 10.2. The highest BCUT2D eigenvalue weighted by atomic mass is 32.2. The fourth-order valence-corrected chi connectivity index (χ4v) is 3.98. The van der Waals surface area contributed by atoms with Crippen molar-refractivity contribution in [1.82, 2.24) is 14.1 Å². The van der Waals surface area contributed by atoms with Crippen molar-refractivity contribution in [2.75, 3.05) is 26.9 Å². The van der Waals surface area contributed by atoms with Crippen LogP contribution in [0.15, 0.2) is 35.5 Å². The number of methoxy groups -OCH3 is 1. The highest BCUT2D eigenvalue weighted by Crippen LogP contribution is 2.25. The van der Waals surface area contributed by atoms with Crippen molar-refractivity contribution in [2.45, 2.75) is 25.3 Å². The van der Waals surface area contributed by atoms with Gasteiger partial charge in [0, 0.05) is 39.0 Å². The van der Waals surface area contributed by atoms with Crippen LogP contribution in [0.4, 0.5) is 0 Å². The summed E-state index contributed by atoms with van der Waals surface area (Å²) in [6.07, 6.45) is 3.49. The number of ether oxygens (including phenoxy) is 2. The predicted molar refractivity (Wildman–Crippen MR) is 95.0 cm³/mol. The van der Waals surface area contributed by atoms with Crippen molar-refractivity contribution >= 4 is 10.0 Å². The summed E-state index contributed by atoms with van der Waals surface area (Å²) in [7, 11) is -0.178. The normalized spacial score (nSPS) is 11.9. The first-order valence-electron chi connectivity index (χ1n) is 8.08. The van der Waals surface area contributed by atoms with Gasteiger partial charge in [-0.05, 0) is 30.7 Å². The van der Waals surface area contributed by atoms with E-state index in [0.717, 1.165) is 11.1 Å². The summed E-state index contributed by atoms with van der Waals surface area (Å²) < 4.78 is 39.5. The maximum absolute atomic E-state index is 12.9. The number of aromatic nitrogens is 2. The molecule has 0 aliphatic carbocycles. The van der Waals surface area contributed by atoms with Crippen LogP contribution in [-0.4, -0.2) is 49.4 Å². The summed E-state index contributed by atoms with van der Waals surface area (Å²) in [5, 5.41) is 4.09. The second-order valence-electron chi connectivity index (χ2n) is 5.72. The highest BCUT2D eigenvalue weighted by molar-refractivity contribution is 7.89. The monoisotopic (exact) mass is 367 g/mol. The zero-order valence-electron chi connectivity index (χ0n) is 15.1. The minimum absolute atomic E-state index is 0.259. The van der Waals surface area contributed by atoms with E-state index in [-0.39, 0.29) is 11.4 Å². The quantitative estimate of drug-likeness (QED) is 0.634. The Hall–Kier alpha value is -1.90. The molecule has 1 aromatic carbocycles. The summed E-state index contributed by atoms with van der Waals surface area (Å²) in [5.74, 6) is 0.659. The first-order valence-corrected chi connectivity index (χ1v) is 9.52. The van der Waals surface area contributed by atoms with Gasteiger partial charge in [-0.15, -0.1) is 0 Å². The van der Waals surface area contributed by atoms with Crippen molar-refractivity contribution in [2.24, 2.45) is 7.05 Å². The van der Waals surface area contributed by atoms with Crippen LogP contribution in [0.25, 0.3) is 0 Å². The maximum atomic E-state index is 12.9. The Morgan fingerprint density at radius 2 is 2.04 bits per heavy atom. The number of benzene rings is 1. The molecule has 8 heteroatoms. The van der Waals surface area contributed by atoms with Crippen LogP contribution in [0.3, 0.4) is 0 Å². The van der Waals surface area contributed by atoms with Crippen LogP contribution in [0.2, 0.25) is 0 Å². The summed E-state index contributed by atoms with van der Waals surface area (Å²) in [5.41, 5.74) is 1.62. The minimum Gasteiger partial charge on any atom is -0.491 e. The van der Waals surface area contributed by atoms with Crippen LogP contribution in [-0.2, 0) is 28.4 Å². The Morgan fingerprint density at radius 3 is 2.60 bits per heavy atom. The summed E-state index contributed by atoms with van der Waals surface area (Å²) >= 11 is 0. The molecule has 0 spiro atoms. The van der Waals surface area contributed by atoms with E-state index in [2.05, 4.69) is 5.10 Å². The number of aryl methyl sites for hydroxylation is 2. The van der Waals surface area contributed by atoms with E-state index in [1.807, 2.05) is 20.0 Å². The van der Waals surface area contributed by atoms with E-state index < -0.39 is 10.0 Å². The molecule has 0 radical (unpaired) electrons. The summed E-state index contributed by atoms with van der Waals surface area (Å²) in [6, 6.07) is 4.91. The summed E-state index contributed by atoms with van der Waals surface area (Å²) in [6.45, 7) is 5.22. The highest BCUT2D eigenvalue weighted by Gasteiger charge is 2.24. The van der Waals surface area contributed by atoms with Crippen LogP contribution in [0.5, 0.6) is 5.75 Å². The van der Waals surface area contributed by atoms with Crippen LogP contribution < -0.4 is 4.74 Å². The molecule has 0 saturated carbocycles. The fourth-order valence-electron chi connectivity index (χ4n) is 2.45. The average molecular weight is 367 g/mol. The van der Waals surface area contributed by atoms with Gasteiger partial charge in [-0.3, -0.25) is 4.68 Å². The Morgan fingerprint density at radius 1 is 1.28 bits per heavy atom. The molecule has 0 amide bonds. The number of rotatable bonds is 9. The number of hydrogen-bond acceptors (Lipinski definition) is 5. The molecule has 0 aliphatic heterocycles. The van der Waals surface area contributed by atoms with Crippen molar-refractivity contribution in [3.63, 3.8) is 0 Å². The van der Waals surface area contributed by atoms with Gasteiger partial charge in [0.25, 0.3) is 0 Å². The molecule has 0 unspecified atom stereocenters. The third-order valence-corrected chi connectivity index (χ3v) is 5.72. The second kappa shape index (κ2) is 8.46. The average Bonchev–Trinajstić information content (AvgIpc) is 2.99. The van der Waals surface area contributed by atoms with Crippen LogP contribution >= 0.6 is 0 Å². The van der Waals surface area contributed by atoms with E-state index in [1.54, 1.807) is 43.2 Å². The number of nitrogens with zero attached hydrogens (tertiary/aromatic N) is 3. The molecule has 2 aromatic rings. The SMILES string of the molecule is CCN(Cc1cnn(C)c1)S(=O)(=O)c1ccc(OCCOC)c(C)c1. The standard InChI is InChI=1S/C17H25N3O4S/c1-5-20(13-15-11-18-19(3)12-15)25(21,22)16-6-7-17(14(2)10-16)24-9-8-23-4/h6-7,10-12H,5,8-9,13H2,1-4H3. The molecule has 1 aromatic heterocycles. The minimum atomic E-state index is -3.59. The van der Waals surface area contributed by atoms with Gasteiger partial charge in [-0.2, -0.15) is 9.40 Å². The first-order chi connectivity index (χ1) is 11.9. The van der Waals surface area contributed by atoms with Crippen LogP contribution in [0.1, 0.15) is 18.1 Å². The topological polar surface area (TPSA) is 73.7 Å². The molecule has 2 rings (SSSR count). The third-order valence-electron chi connectivity index (χ3n) is 3.80. The lowest BCUT2D eigenvalue weighted by molar-refractivity contribution is 0.146. The van der Waals surface area contributed by atoms with E-state index in [0.29, 0.717) is 25.5 Å². The van der Waals surface area contributed by atoms with Gasteiger partial charge in [-0.1, -0.05) is 6.92 Å². The van der Waals surface area contributed by atoms with E-state index >= 15 is 0 Å². The van der Waals surface area contributed by atoms with E-state index in [4.69, 9.17) is 9.47 Å². The zero-order valence-corrected chi connectivity index (χ0v) is 15.9. The second-order valence-corrected chi connectivity index (χ2v) is 7.66. The van der Waals surface area contributed by atoms with Crippen LogP contribution in [0, 0.1) is 6.92 Å². The Balaban J connectivity index is 2.20. The maximum Gasteiger partial charge on any atom is 0.243 e. The van der Waals surface area contributed by atoms with Gasteiger partial charge >= 0.3 is 0 Å². The van der Waals surface area contributed by atoms with Gasteiger partial charge in [-0.25, -0.2) is 8.42 Å². The Bertz CT molecular complexity index is 802. The molecule has 0 N–H and O–H groups in total. The van der Waals surface area contributed by atoms with Crippen molar-refractivity contribution in [3.05, 3.63) is 41.7 Å². The third kappa shape index (κ3) is 4.81. The van der Waals surface area contributed by atoms with Gasteiger partial charge in [0.2, 0.25) is 10.0 Å². The zero-order chi connectivity index (χ0) is 18.4. The summed E-state index contributed by atoms with van der Waals surface area (Å²) in [4.78, 5) is 0.259. The van der Waals surface area contributed by atoms with Gasteiger partial charge < -0.3 is 9.47 Å². The van der Waals surface area contributed by atoms with E-state index in [1.165, 1.54) is 4.31 Å². The largest absolute Gasteiger partial charge is 0.491 e. The Labute approximate surface area is 149 Å². The van der Waals surface area contributed by atoms with Gasteiger partial charge in [0.15, 0.2) is 0 Å². The molecule has 1 heterocycles.